The molecule has 1 aromatic heterocycles. The predicted molar refractivity (Wildman–Crippen MR) is 50.4 cm³/mol. The van der Waals surface area contributed by atoms with E-state index < -0.39 is 0 Å². The van der Waals surface area contributed by atoms with Crippen molar-refractivity contribution in [1.82, 2.24) is 5.16 Å². The lowest BCUT2D eigenvalue weighted by atomic mass is 9.93. The molecule has 13 heavy (non-hydrogen) atoms. The third-order valence-corrected chi connectivity index (χ3v) is 3.36. The van der Waals surface area contributed by atoms with Crippen LogP contribution in [0, 0.1) is 12.3 Å². The van der Waals surface area contributed by atoms with Crippen LogP contribution in [0.4, 0.5) is 0 Å². The van der Waals surface area contributed by atoms with Gasteiger partial charge in [-0.1, -0.05) is 19.0 Å². The van der Waals surface area contributed by atoms with Crippen LogP contribution in [0.1, 0.15) is 31.7 Å². The summed E-state index contributed by atoms with van der Waals surface area (Å²) in [6.07, 6.45) is 1.10. The zero-order valence-electron chi connectivity index (χ0n) is 8.42. The van der Waals surface area contributed by atoms with E-state index in [4.69, 9.17) is 10.3 Å². The molecule has 0 bridgehead atoms. The molecule has 1 unspecified atom stereocenters. The molecular formula is C10H16N2O. The molecule has 0 aliphatic heterocycles. The lowest BCUT2D eigenvalue weighted by Crippen LogP contribution is -2.24. The van der Waals surface area contributed by atoms with Gasteiger partial charge >= 0.3 is 0 Å². The normalized spacial score (nSPS) is 30.5. The second kappa shape index (κ2) is 2.35. The molecule has 0 aromatic carbocycles. The van der Waals surface area contributed by atoms with E-state index in [0.717, 1.165) is 17.9 Å². The molecule has 3 nitrogen and oxygen atoms in total. The molecule has 72 valence electrons. The highest BCUT2D eigenvalue weighted by molar-refractivity contribution is 5.31. The smallest absolute Gasteiger partial charge is 0.144 e. The maximum atomic E-state index is 5.80. The lowest BCUT2D eigenvalue weighted by molar-refractivity contribution is 0.326. The first-order chi connectivity index (χ1) is 6.02. The van der Waals surface area contributed by atoms with Gasteiger partial charge < -0.3 is 10.3 Å². The average molecular weight is 180 g/mol. The first kappa shape index (κ1) is 8.75. The summed E-state index contributed by atoms with van der Waals surface area (Å²) >= 11 is 0. The van der Waals surface area contributed by atoms with Gasteiger partial charge in [0.05, 0.1) is 5.69 Å². The molecule has 1 fully saturated rings. The van der Waals surface area contributed by atoms with E-state index in [0.29, 0.717) is 6.54 Å². The van der Waals surface area contributed by atoms with Crippen LogP contribution >= 0.6 is 0 Å². The van der Waals surface area contributed by atoms with Gasteiger partial charge in [-0.05, 0) is 18.8 Å². The van der Waals surface area contributed by atoms with E-state index in [9.17, 15) is 0 Å². The first-order valence-electron chi connectivity index (χ1n) is 4.66. The van der Waals surface area contributed by atoms with E-state index in [1.165, 1.54) is 0 Å². The Labute approximate surface area is 78.3 Å². The second-order valence-electron chi connectivity index (χ2n) is 4.68. The molecule has 1 atom stereocenters. The summed E-state index contributed by atoms with van der Waals surface area (Å²) in [6.45, 7) is 7.02. The molecular weight excluding hydrogens is 164 g/mol. The van der Waals surface area contributed by atoms with Gasteiger partial charge in [0.2, 0.25) is 0 Å². The van der Waals surface area contributed by atoms with Crippen LogP contribution < -0.4 is 5.73 Å². The summed E-state index contributed by atoms with van der Waals surface area (Å²) in [5, 5.41) is 3.91. The Hall–Kier alpha value is -0.830. The molecule has 0 radical (unpaired) electrons. The van der Waals surface area contributed by atoms with Crippen LogP contribution in [0.25, 0.3) is 0 Å². The summed E-state index contributed by atoms with van der Waals surface area (Å²) in [6, 6.07) is 2.00. The fraction of sp³-hybridized carbons (Fsp3) is 0.700. The third kappa shape index (κ3) is 1.03. The van der Waals surface area contributed by atoms with Gasteiger partial charge in [-0.15, -0.1) is 0 Å². The second-order valence-corrected chi connectivity index (χ2v) is 4.68. The SMILES string of the molecule is Cc1cc(C2(CN)CC2(C)C)on1. The molecule has 0 amide bonds. The number of aromatic nitrogens is 1. The number of hydrogen-bond donors (Lipinski definition) is 1. The Morgan fingerprint density at radius 2 is 2.23 bits per heavy atom. The summed E-state index contributed by atoms with van der Waals surface area (Å²) in [4.78, 5) is 0. The van der Waals surface area contributed by atoms with E-state index >= 15 is 0 Å². The summed E-state index contributed by atoms with van der Waals surface area (Å²) < 4.78 is 5.29. The van der Waals surface area contributed by atoms with E-state index in [2.05, 4.69) is 19.0 Å². The molecule has 2 rings (SSSR count). The minimum atomic E-state index is 0.0499. The quantitative estimate of drug-likeness (QED) is 0.752. The highest BCUT2D eigenvalue weighted by Crippen LogP contribution is 2.63. The van der Waals surface area contributed by atoms with Crippen molar-refractivity contribution in [3.05, 3.63) is 17.5 Å². The van der Waals surface area contributed by atoms with Crippen molar-refractivity contribution >= 4 is 0 Å². The molecule has 1 aliphatic rings. The molecule has 0 saturated heterocycles. The van der Waals surface area contributed by atoms with Gasteiger partial charge in [-0.25, -0.2) is 0 Å². The molecule has 1 saturated carbocycles. The van der Waals surface area contributed by atoms with Crippen molar-refractivity contribution < 1.29 is 4.52 Å². The van der Waals surface area contributed by atoms with Crippen molar-refractivity contribution in [2.24, 2.45) is 11.1 Å². The Kier molecular flexibility index (Phi) is 1.58. The molecule has 3 heteroatoms. The van der Waals surface area contributed by atoms with E-state index in [-0.39, 0.29) is 10.8 Å². The number of hydrogen-bond acceptors (Lipinski definition) is 3. The van der Waals surface area contributed by atoms with Crippen molar-refractivity contribution in [1.29, 1.82) is 0 Å². The monoisotopic (exact) mass is 180 g/mol. The fourth-order valence-electron chi connectivity index (χ4n) is 2.17. The zero-order valence-corrected chi connectivity index (χ0v) is 8.42. The van der Waals surface area contributed by atoms with Crippen LogP contribution in [0.3, 0.4) is 0 Å². The van der Waals surface area contributed by atoms with Gasteiger partial charge in [0.1, 0.15) is 5.76 Å². The standard InChI is InChI=1S/C10H16N2O/c1-7-4-8(13-12-7)10(6-11)5-9(10,2)3/h4H,5-6,11H2,1-3H3. The Balaban J connectivity index is 2.35. The van der Waals surface area contributed by atoms with Gasteiger partial charge in [0.15, 0.2) is 0 Å². The van der Waals surface area contributed by atoms with Crippen LogP contribution in [0.5, 0.6) is 0 Å². The topological polar surface area (TPSA) is 52.0 Å². The minimum Gasteiger partial charge on any atom is -0.360 e. The maximum Gasteiger partial charge on any atom is 0.144 e. The van der Waals surface area contributed by atoms with Crippen molar-refractivity contribution in [3.8, 4) is 0 Å². The van der Waals surface area contributed by atoms with Crippen molar-refractivity contribution in [2.45, 2.75) is 32.6 Å². The summed E-state index contributed by atoms with van der Waals surface area (Å²) in [7, 11) is 0. The zero-order chi connectivity index (χ0) is 9.69. The van der Waals surface area contributed by atoms with Crippen LogP contribution in [0.2, 0.25) is 0 Å². The van der Waals surface area contributed by atoms with Gasteiger partial charge in [-0.3, -0.25) is 0 Å². The van der Waals surface area contributed by atoms with E-state index in [1.54, 1.807) is 0 Å². The number of nitrogens with zero attached hydrogens (tertiary/aromatic N) is 1. The van der Waals surface area contributed by atoms with Crippen LogP contribution in [-0.4, -0.2) is 11.7 Å². The lowest BCUT2D eigenvalue weighted by Gasteiger charge is -2.13. The molecule has 1 aliphatic carbocycles. The summed E-state index contributed by atoms with van der Waals surface area (Å²) in [5.74, 6) is 0.956. The predicted octanol–water partition coefficient (Wildman–Crippen LogP) is 1.61. The average Bonchev–Trinajstić information content (AvgIpc) is 2.43. The summed E-state index contributed by atoms with van der Waals surface area (Å²) in [5.41, 5.74) is 7.06. The Morgan fingerprint density at radius 3 is 2.54 bits per heavy atom. The highest BCUT2D eigenvalue weighted by Gasteiger charge is 2.63. The van der Waals surface area contributed by atoms with Gasteiger partial charge in [-0.2, -0.15) is 0 Å². The van der Waals surface area contributed by atoms with Crippen molar-refractivity contribution in [2.75, 3.05) is 6.54 Å². The van der Waals surface area contributed by atoms with Gasteiger partial charge in [0, 0.05) is 18.0 Å². The Morgan fingerprint density at radius 1 is 1.62 bits per heavy atom. The Bertz CT molecular complexity index is 329. The molecule has 1 heterocycles. The largest absolute Gasteiger partial charge is 0.360 e. The third-order valence-electron chi connectivity index (χ3n) is 3.36. The maximum absolute atomic E-state index is 5.80. The van der Waals surface area contributed by atoms with Gasteiger partial charge in [0.25, 0.3) is 0 Å². The number of aryl methyl sites for hydroxylation is 1. The fourth-order valence-corrected chi connectivity index (χ4v) is 2.17. The number of nitrogens with two attached hydrogens (primary N) is 1. The minimum absolute atomic E-state index is 0.0499. The van der Waals surface area contributed by atoms with Crippen LogP contribution in [0.15, 0.2) is 10.6 Å². The number of rotatable bonds is 2. The van der Waals surface area contributed by atoms with Crippen LogP contribution in [-0.2, 0) is 5.41 Å². The first-order valence-corrected chi connectivity index (χ1v) is 4.66. The highest BCUT2D eigenvalue weighted by atomic mass is 16.5. The van der Waals surface area contributed by atoms with Crippen molar-refractivity contribution in [3.63, 3.8) is 0 Å². The molecule has 0 spiro atoms. The van der Waals surface area contributed by atoms with E-state index in [1.807, 2.05) is 13.0 Å². The molecule has 2 N–H and O–H groups in total. The molecule has 1 aromatic rings.